The molecular weight excluding hydrogens is 324 g/mol. The van der Waals surface area contributed by atoms with Crippen LogP contribution in [-0.2, 0) is 4.79 Å². The number of amides is 1. The Bertz CT molecular complexity index is 904. The third kappa shape index (κ3) is 4.20. The lowest BCUT2D eigenvalue weighted by Crippen LogP contribution is -2.20. The van der Waals surface area contributed by atoms with Crippen molar-refractivity contribution in [1.82, 2.24) is 4.98 Å². The van der Waals surface area contributed by atoms with Crippen LogP contribution >= 0.6 is 0 Å². The highest BCUT2D eigenvalue weighted by molar-refractivity contribution is 6.00. The van der Waals surface area contributed by atoms with Gasteiger partial charge in [0.25, 0.3) is 5.91 Å². The third-order valence-corrected chi connectivity index (χ3v) is 4.57. The van der Waals surface area contributed by atoms with Crippen molar-refractivity contribution < 1.29 is 9.53 Å². The molecule has 1 atom stereocenters. The highest BCUT2D eigenvalue weighted by atomic mass is 16.5. The van der Waals surface area contributed by atoms with E-state index in [9.17, 15) is 4.79 Å². The monoisotopic (exact) mass is 348 g/mol. The summed E-state index contributed by atoms with van der Waals surface area (Å²) in [6.07, 6.45) is 1.10. The molecule has 134 valence electrons. The fourth-order valence-corrected chi connectivity index (χ4v) is 2.81. The summed E-state index contributed by atoms with van der Waals surface area (Å²) in [5.41, 5.74) is 3.68. The molecular formula is C22H24N2O2. The molecule has 26 heavy (non-hydrogen) atoms. The van der Waals surface area contributed by atoms with Crippen molar-refractivity contribution >= 4 is 22.5 Å². The van der Waals surface area contributed by atoms with E-state index in [-0.39, 0.29) is 12.5 Å². The number of rotatable bonds is 6. The zero-order valence-electron chi connectivity index (χ0n) is 15.5. The van der Waals surface area contributed by atoms with E-state index in [1.165, 1.54) is 5.56 Å². The molecule has 1 amide bonds. The number of nitrogens with zero attached hydrogens (tertiary/aromatic N) is 1. The molecule has 0 fully saturated rings. The Hall–Kier alpha value is -2.88. The van der Waals surface area contributed by atoms with Crippen LogP contribution in [0.4, 0.5) is 5.69 Å². The molecule has 0 bridgehead atoms. The van der Waals surface area contributed by atoms with Crippen LogP contribution in [0.25, 0.3) is 10.9 Å². The van der Waals surface area contributed by atoms with E-state index in [1.807, 2.05) is 49.4 Å². The summed E-state index contributed by atoms with van der Waals surface area (Å²) in [7, 11) is 0. The fraction of sp³-hybridized carbons (Fsp3) is 0.273. The summed E-state index contributed by atoms with van der Waals surface area (Å²) >= 11 is 0. The Kier molecular flexibility index (Phi) is 5.52. The minimum Gasteiger partial charge on any atom is -0.484 e. The number of aromatic nitrogens is 1. The van der Waals surface area contributed by atoms with Gasteiger partial charge in [-0.2, -0.15) is 0 Å². The molecule has 2 aromatic carbocycles. The molecule has 0 saturated carbocycles. The predicted molar refractivity (Wildman–Crippen MR) is 106 cm³/mol. The van der Waals surface area contributed by atoms with Crippen LogP contribution < -0.4 is 10.1 Å². The van der Waals surface area contributed by atoms with Crippen molar-refractivity contribution in [2.75, 3.05) is 11.9 Å². The first-order chi connectivity index (χ1) is 12.6. The summed E-state index contributed by atoms with van der Waals surface area (Å²) in [4.78, 5) is 16.8. The van der Waals surface area contributed by atoms with Crippen molar-refractivity contribution in [3.05, 3.63) is 65.9 Å². The van der Waals surface area contributed by atoms with Gasteiger partial charge in [-0.3, -0.25) is 9.78 Å². The first-order valence-corrected chi connectivity index (χ1v) is 8.96. The SMILES string of the molecule is CC[C@@H](C)c1ccc(OCC(=O)Nc2cccc3ccc(C)nc23)cc1. The van der Waals surface area contributed by atoms with Crippen LogP contribution in [0, 0.1) is 6.92 Å². The van der Waals surface area contributed by atoms with E-state index < -0.39 is 0 Å². The summed E-state index contributed by atoms with van der Waals surface area (Å²) in [5.74, 6) is 1.01. The number of carbonyl (C=O) groups excluding carboxylic acids is 1. The molecule has 3 aromatic rings. The van der Waals surface area contributed by atoms with Crippen molar-refractivity contribution in [2.45, 2.75) is 33.1 Å². The van der Waals surface area contributed by atoms with Crippen LogP contribution in [-0.4, -0.2) is 17.5 Å². The van der Waals surface area contributed by atoms with Gasteiger partial charge < -0.3 is 10.1 Å². The van der Waals surface area contributed by atoms with Gasteiger partial charge in [0.1, 0.15) is 5.75 Å². The second-order valence-electron chi connectivity index (χ2n) is 6.55. The first kappa shape index (κ1) is 17.9. The van der Waals surface area contributed by atoms with Crippen molar-refractivity contribution in [1.29, 1.82) is 0 Å². The lowest BCUT2D eigenvalue weighted by atomic mass is 9.99. The number of ether oxygens (including phenoxy) is 1. The molecule has 4 nitrogen and oxygen atoms in total. The first-order valence-electron chi connectivity index (χ1n) is 8.96. The molecule has 0 aliphatic carbocycles. The molecule has 1 aromatic heterocycles. The van der Waals surface area contributed by atoms with Crippen molar-refractivity contribution in [2.24, 2.45) is 0 Å². The van der Waals surface area contributed by atoms with Crippen LogP contribution in [0.1, 0.15) is 37.4 Å². The Morgan fingerprint density at radius 1 is 1.12 bits per heavy atom. The Balaban J connectivity index is 1.64. The van der Waals surface area contributed by atoms with Crippen LogP contribution in [0.15, 0.2) is 54.6 Å². The van der Waals surface area contributed by atoms with Gasteiger partial charge in [-0.05, 0) is 49.1 Å². The zero-order valence-corrected chi connectivity index (χ0v) is 15.5. The maximum Gasteiger partial charge on any atom is 0.262 e. The van der Waals surface area contributed by atoms with Gasteiger partial charge in [-0.15, -0.1) is 0 Å². The minimum absolute atomic E-state index is 0.0368. The van der Waals surface area contributed by atoms with Crippen LogP contribution in [0.5, 0.6) is 5.75 Å². The van der Waals surface area contributed by atoms with Crippen molar-refractivity contribution in [3.8, 4) is 5.75 Å². The average Bonchev–Trinajstić information content (AvgIpc) is 2.66. The van der Waals surface area contributed by atoms with E-state index in [1.54, 1.807) is 0 Å². The summed E-state index contributed by atoms with van der Waals surface area (Å²) < 4.78 is 5.61. The largest absolute Gasteiger partial charge is 0.484 e. The summed E-state index contributed by atoms with van der Waals surface area (Å²) in [6, 6.07) is 17.6. The second-order valence-corrected chi connectivity index (χ2v) is 6.55. The highest BCUT2D eigenvalue weighted by Crippen LogP contribution is 2.23. The average molecular weight is 348 g/mol. The number of benzene rings is 2. The third-order valence-electron chi connectivity index (χ3n) is 4.57. The number of hydrogen-bond acceptors (Lipinski definition) is 3. The van der Waals surface area contributed by atoms with Crippen LogP contribution in [0.2, 0.25) is 0 Å². The smallest absolute Gasteiger partial charge is 0.262 e. The maximum absolute atomic E-state index is 12.3. The van der Waals surface area contributed by atoms with Gasteiger partial charge in [-0.1, -0.05) is 44.2 Å². The maximum atomic E-state index is 12.3. The number of fused-ring (bicyclic) bond motifs is 1. The van der Waals surface area contributed by atoms with E-state index in [0.29, 0.717) is 17.4 Å². The van der Waals surface area contributed by atoms with Gasteiger partial charge in [0.05, 0.1) is 11.2 Å². The van der Waals surface area contributed by atoms with Gasteiger partial charge in [0.15, 0.2) is 6.61 Å². The fourth-order valence-electron chi connectivity index (χ4n) is 2.81. The predicted octanol–water partition coefficient (Wildman–Crippen LogP) is 5.07. The van der Waals surface area contributed by atoms with Gasteiger partial charge in [0, 0.05) is 11.1 Å². The van der Waals surface area contributed by atoms with Gasteiger partial charge in [0.2, 0.25) is 0 Å². The van der Waals surface area contributed by atoms with E-state index in [0.717, 1.165) is 23.0 Å². The molecule has 1 heterocycles. The van der Waals surface area contributed by atoms with E-state index in [4.69, 9.17) is 4.74 Å². The number of pyridine rings is 1. The molecule has 0 aliphatic heterocycles. The lowest BCUT2D eigenvalue weighted by molar-refractivity contribution is -0.118. The molecule has 0 aliphatic rings. The number of nitrogens with one attached hydrogen (secondary N) is 1. The molecule has 0 saturated heterocycles. The molecule has 0 radical (unpaired) electrons. The quantitative estimate of drug-likeness (QED) is 0.676. The molecule has 0 unspecified atom stereocenters. The standard InChI is InChI=1S/C22H24N2O2/c1-4-15(2)17-10-12-19(13-11-17)26-14-21(25)24-20-7-5-6-18-9-8-16(3)23-22(18)20/h5-13,15H,4,14H2,1-3H3,(H,24,25)/t15-/m1/s1. The second kappa shape index (κ2) is 8.00. The summed E-state index contributed by atoms with van der Waals surface area (Å²) in [5, 5.41) is 3.89. The number of hydrogen-bond donors (Lipinski definition) is 1. The highest BCUT2D eigenvalue weighted by Gasteiger charge is 2.09. The Labute approximate surface area is 154 Å². The van der Waals surface area contributed by atoms with Crippen molar-refractivity contribution in [3.63, 3.8) is 0 Å². The number of para-hydroxylation sites is 1. The topological polar surface area (TPSA) is 51.2 Å². The zero-order chi connectivity index (χ0) is 18.5. The Morgan fingerprint density at radius 3 is 2.62 bits per heavy atom. The number of anilines is 1. The number of carbonyl (C=O) groups is 1. The summed E-state index contributed by atoms with van der Waals surface area (Å²) in [6.45, 7) is 6.27. The van der Waals surface area contributed by atoms with E-state index in [2.05, 4.69) is 36.3 Å². The Morgan fingerprint density at radius 2 is 1.88 bits per heavy atom. The van der Waals surface area contributed by atoms with Gasteiger partial charge >= 0.3 is 0 Å². The molecule has 4 heteroatoms. The normalized spacial score (nSPS) is 12.0. The molecule has 3 rings (SSSR count). The number of aryl methyl sites for hydroxylation is 1. The molecule has 0 spiro atoms. The minimum atomic E-state index is -0.202. The molecule has 1 N–H and O–H groups in total. The van der Waals surface area contributed by atoms with E-state index >= 15 is 0 Å². The lowest BCUT2D eigenvalue weighted by Gasteiger charge is -2.11. The van der Waals surface area contributed by atoms with Gasteiger partial charge in [-0.25, -0.2) is 0 Å². The van der Waals surface area contributed by atoms with Crippen LogP contribution in [0.3, 0.4) is 0 Å².